The van der Waals surface area contributed by atoms with E-state index in [-0.39, 0.29) is 11.1 Å². The van der Waals surface area contributed by atoms with E-state index >= 15 is 0 Å². The van der Waals surface area contributed by atoms with Gasteiger partial charge in [-0.1, -0.05) is 12.8 Å². The highest BCUT2D eigenvalue weighted by atomic mass is 19.1. The van der Waals surface area contributed by atoms with Crippen LogP contribution in [0.3, 0.4) is 0 Å². The Morgan fingerprint density at radius 1 is 1.20 bits per heavy atom. The number of likely N-dealkylation sites (N-methyl/N-ethyl adjacent to an activating group) is 1. The minimum atomic E-state index is -0.738. The van der Waals surface area contributed by atoms with E-state index in [1.165, 1.54) is 0 Å². The van der Waals surface area contributed by atoms with Crippen molar-refractivity contribution in [2.75, 3.05) is 20.6 Å². The fraction of sp³-hybridized carbons (Fsp3) is 0.533. The number of halogens is 2. The number of carbonyl (C=O) groups excluding carboxylic acids is 1. The Bertz CT molecular complexity index is 476. The van der Waals surface area contributed by atoms with Crippen LogP contribution in [0.5, 0.6) is 0 Å². The maximum absolute atomic E-state index is 13.1. The van der Waals surface area contributed by atoms with Gasteiger partial charge in [-0.25, -0.2) is 8.78 Å². The van der Waals surface area contributed by atoms with Crippen LogP contribution in [-0.2, 0) is 0 Å². The monoisotopic (exact) mass is 282 g/mol. The van der Waals surface area contributed by atoms with E-state index in [0.29, 0.717) is 6.54 Å². The van der Waals surface area contributed by atoms with E-state index in [1.807, 2.05) is 14.1 Å². The Hall–Kier alpha value is -1.49. The third kappa shape index (κ3) is 3.15. The molecule has 1 amide bonds. The minimum Gasteiger partial charge on any atom is -0.350 e. The average molecular weight is 282 g/mol. The summed E-state index contributed by atoms with van der Waals surface area (Å²) in [6.07, 6.45) is 4.33. The Balaban J connectivity index is 2.04. The maximum Gasteiger partial charge on any atom is 0.251 e. The molecule has 3 nitrogen and oxygen atoms in total. The van der Waals surface area contributed by atoms with Gasteiger partial charge in [-0.15, -0.1) is 0 Å². The Kier molecular flexibility index (Phi) is 4.38. The third-order valence-electron chi connectivity index (χ3n) is 4.19. The summed E-state index contributed by atoms with van der Waals surface area (Å²) < 4.78 is 26.2. The molecule has 0 heterocycles. The van der Waals surface area contributed by atoms with Crippen molar-refractivity contribution in [2.45, 2.75) is 31.2 Å². The number of carbonyl (C=O) groups is 1. The van der Waals surface area contributed by atoms with Crippen LogP contribution >= 0.6 is 0 Å². The highest BCUT2D eigenvalue weighted by molar-refractivity contribution is 5.94. The molecule has 0 bridgehead atoms. The van der Waals surface area contributed by atoms with Crippen molar-refractivity contribution >= 4 is 5.91 Å². The lowest BCUT2D eigenvalue weighted by atomic mass is 9.96. The number of nitrogens with zero attached hydrogens (tertiary/aromatic N) is 1. The van der Waals surface area contributed by atoms with E-state index in [0.717, 1.165) is 43.9 Å². The first kappa shape index (κ1) is 14.9. The zero-order valence-corrected chi connectivity index (χ0v) is 11.9. The summed E-state index contributed by atoms with van der Waals surface area (Å²) in [5.74, 6) is -1.91. The molecule has 1 aromatic rings. The molecule has 0 aromatic heterocycles. The quantitative estimate of drug-likeness (QED) is 0.920. The van der Waals surface area contributed by atoms with Gasteiger partial charge in [0.15, 0.2) is 0 Å². The molecule has 0 unspecified atom stereocenters. The number of benzene rings is 1. The molecule has 1 aromatic carbocycles. The van der Waals surface area contributed by atoms with Crippen molar-refractivity contribution in [3.63, 3.8) is 0 Å². The van der Waals surface area contributed by atoms with Gasteiger partial charge in [0.05, 0.1) is 0 Å². The molecule has 0 atom stereocenters. The summed E-state index contributed by atoms with van der Waals surface area (Å²) in [6.45, 7) is 0.497. The lowest BCUT2D eigenvalue weighted by molar-refractivity contribution is 0.0899. The molecular weight excluding hydrogens is 262 g/mol. The summed E-state index contributed by atoms with van der Waals surface area (Å²) in [6, 6.07) is 2.86. The second-order valence-corrected chi connectivity index (χ2v) is 5.67. The molecule has 1 saturated carbocycles. The maximum atomic E-state index is 13.1. The fourth-order valence-electron chi connectivity index (χ4n) is 2.85. The molecule has 5 heteroatoms. The predicted octanol–water partition coefficient (Wildman–Crippen LogP) is 2.57. The SMILES string of the molecule is CN(C)C1(CNC(=O)c2cc(F)cc(F)c2)CCCC1. The predicted molar refractivity (Wildman–Crippen MR) is 73.6 cm³/mol. The molecule has 0 radical (unpaired) electrons. The molecule has 1 N–H and O–H groups in total. The van der Waals surface area contributed by atoms with Crippen LogP contribution in [0.4, 0.5) is 8.78 Å². The second kappa shape index (κ2) is 5.87. The van der Waals surface area contributed by atoms with Crippen molar-refractivity contribution in [3.05, 3.63) is 35.4 Å². The normalized spacial score (nSPS) is 17.4. The van der Waals surface area contributed by atoms with Gasteiger partial charge in [0, 0.05) is 23.7 Å². The van der Waals surface area contributed by atoms with Crippen LogP contribution in [0.25, 0.3) is 0 Å². The van der Waals surface area contributed by atoms with Crippen LogP contribution in [0, 0.1) is 11.6 Å². The van der Waals surface area contributed by atoms with Gasteiger partial charge in [0.1, 0.15) is 11.6 Å². The van der Waals surface area contributed by atoms with Crippen LogP contribution in [0.15, 0.2) is 18.2 Å². The third-order valence-corrected chi connectivity index (χ3v) is 4.19. The van der Waals surface area contributed by atoms with Gasteiger partial charge >= 0.3 is 0 Å². The summed E-state index contributed by atoms with van der Waals surface area (Å²) in [5.41, 5.74) is -0.0176. The number of hydrogen-bond donors (Lipinski definition) is 1. The lowest BCUT2D eigenvalue weighted by Crippen LogP contribution is -2.50. The van der Waals surface area contributed by atoms with E-state index in [1.54, 1.807) is 0 Å². The van der Waals surface area contributed by atoms with Crippen molar-refractivity contribution in [1.29, 1.82) is 0 Å². The van der Waals surface area contributed by atoms with Crippen LogP contribution in [0.1, 0.15) is 36.0 Å². The van der Waals surface area contributed by atoms with Crippen molar-refractivity contribution in [3.8, 4) is 0 Å². The summed E-state index contributed by atoms with van der Waals surface area (Å²) in [4.78, 5) is 14.1. The first-order valence-electron chi connectivity index (χ1n) is 6.85. The largest absolute Gasteiger partial charge is 0.350 e. The minimum absolute atomic E-state index is 0.0226. The lowest BCUT2D eigenvalue weighted by Gasteiger charge is -2.36. The van der Waals surface area contributed by atoms with Crippen molar-refractivity contribution in [2.24, 2.45) is 0 Å². The van der Waals surface area contributed by atoms with Gasteiger partial charge in [-0.3, -0.25) is 4.79 Å². The topological polar surface area (TPSA) is 32.3 Å². The number of rotatable bonds is 4. The standard InChI is InChI=1S/C15H20F2N2O/c1-19(2)15(5-3-4-6-15)10-18-14(20)11-7-12(16)9-13(17)8-11/h7-9H,3-6,10H2,1-2H3,(H,18,20). The Morgan fingerprint density at radius 3 is 2.25 bits per heavy atom. The molecule has 1 aliphatic rings. The second-order valence-electron chi connectivity index (χ2n) is 5.67. The molecular formula is C15H20F2N2O. The average Bonchev–Trinajstić information content (AvgIpc) is 2.84. The van der Waals surface area contributed by atoms with Gasteiger partial charge in [0.2, 0.25) is 0 Å². The molecule has 0 spiro atoms. The summed E-state index contributed by atoms with van der Waals surface area (Å²) in [7, 11) is 4.00. The van der Waals surface area contributed by atoms with Crippen molar-refractivity contribution in [1.82, 2.24) is 10.2 Å². The summed E-state index contributed by atoms with van der Waals surface area (Å²) >= 11 is 0. The van der Waals surface area contributed by atoms with E-state index in [4.69, 9.17) is 0 Å². The smallest absolute Gasteiger partial charge is 0.251 e. The van der Waals surface area contributed by atoms with E-state index in [2.05, 4.69) is 10.2 Å². The van der Waals surface area contributed by atoms with Crippen LogP contribution in [-0.4, -0.2) is 37.0 Å². The van der Waals surface area contributed by atoms with Crippen LogP contribution < -0.4 is 5.32 Å². The van der Waals surface area contributed by atoms with Gasteiger partial charge in [0.25, 0.3) is 5.91 Å². The zero-order chi connectivity index (χ0) is 14.8. The van der Waals surface area contributed by atoms with Gasteiger partial charge < -0.3 is 10.2 Å². The molecule has 1 fully saturated rings. The first-order chi connectivity index (χ1) is 9.43. The molecule has 0 saturated heterocycles. The number of amides is 1. The number of hydrogen-bond acceptors (Lipinski definition) is 2. The van der Waals surface area contributed by atoms with E-state index < -0.39 is 17.5 Å². The molecule has 110 valence electrons. The molecule has 1 aliphatic carbocycles. The fourth-order valence-corrected chi connectivity index (χ4v) is 2.85. The van der Waals surface area contributed by atoms with Gasteiger partial charge in [-0.2, -0.15) is 0 Å². The van der Waals surface area contributed by atoms with Crippen molar-refractivity contribution < 1.29 is 13.6 Å². The molecule has 20 heavy (non-hydrogen) atoms. The molecule has 0 aliphatic heterocycles. The van der Waals surface area contributed by atoms with E-state index in [9.17, 15) is 13.6 Å². The Morgan fingerprint density at radius 2 is 1.75 bits per heavy atom. The number of nitrogens with one attached hydrogen (secondary N) is 1. The first-order valence-corrected chi connectivity index (χ1v) is 6.85. The highest BCUT2D eigenvalue weighted by Crippen LogP contribution is 2.33. The molecule has 2 rings (SSSR count). The summed E-state index contributed by atoms with van der Waals surface area (Å²) in [5, 5.41) is 2.80. The zero-order valence-electron chi connectivity index (χ0n) is 11.9. The Labute approximate surface area is 118 Å². The van der Waals surface area contributed by atoms with Gasteiger partial charge in [-0.05, 0) is 39.1 Å². The van der Waals surface area contributed by atoms with Crippen LogP contribution in [0.2, 0.25) is 0 Å². The highest BCUT2D eigenvalue weighted by Gasteiger charge is 2.36.